The number of nitrogens with one attached hydrogen (secondary N) is 1. The van der Waals surface area contributed by atoms with E-state index in [-0.39, 0.29) is 0 Å². The maximum atomic E-state index is 3.52. The third-order valence-corrected chi connectivity index (χ3v) is 5.21. The minimum Gasteiger partial charge on any atom is -0.317 e. The van der Waals surface area contributed by atoms with Gasteiger partial charge in [-0.2, -0.15) is 0 Å². The van der Waals surface area contributed by atoms with Crippen LogP contribution in [0.1, 0.15) is 36.8 Å². The van der Waals surface area contributed by atoms with Crippen molar-refractivity contribution in [2.45, 2.75) is 32.1 Å². The molecule has 2 heteroatoms. The first-order chi connectivity index (χ1) is 9.23. The van der Waals surface area contributed by atoms with E-state index in [1.54, 1.807) is 5.56 Å². The molecule has 19 heavy (non-hydrogen) atoms. The van der Waals surface area contributed by atoms with E-state index in [0.717, 1.165) is 12.3 Å². The van der Waals surface area contributed by atoms with Gasteiger partial charge in [-0.25, -0.2) is 0 Å². The molecule has 1 atom stereocenters. The smallest absolute Gasteiger partial charge is 0.00533 e. The highest BCUT2D eigenvalue weighted by atomic mass is 15.1. The maximum Gasteiger partial charge on any atom is 0.00533 e. The van der Waals surface area contributed by atoms with Crippen LogP contribution < -0.4 is 5.32 Å². The van der Waals surface area contributed by atoms with Crippen LogP contribution in [0.3, 0.4) is 0 Å². The Morgan fingerprint density at radius 2 is 1.89 bits per heavy atom. The molecule has 104 valence electrons. The van der Waals surface area contributed by atoms with Crippen LogP contribution in [0.5, 0.6) is 0 Å². The lowest BCUT2D eigenvalue weighted by Crippen LogP contribution is -2.41. The lowest BCUT2D eigenvalue weighted by molar-refractivity contribution is 0.187. The van der Waals surface area contributed by atoms with E-state index in [0.29, 0.717) is 5.41 Å². The fraction of sp³-hybridized carbons (Fsp3) is 0.647. The van der Waals surface area contributed by atoms with Gasteiger partial charge in [0.25, 0.3) is 0 Å². The van der Waals surface area contributed by atoms with Crippen molar-refractivity contribution in [3.63, 3.8) is 0 Å². The molecule has 3 rings (SSSR count). The van der Waals surface area contributed by atoms with Crippen LogP contribution >= 0.6 is 0 Å². The van der Waals surface area contributed by atoms with Crippen LogP contribution in [0.15, 0.2) is 24.3 Å². The summed E-state index contributed by atoms with van der Waals surface area (Å²) >= 11 is 0. The highest BCUT2D eigenvalue weighted by Gasteiger charge is 2.46. The number of aryl methyl sites for hydroxylation is 1. The van der Waals surface area contributed by atoms with Crippen molar-refractivity contribution in [3.8, 4) is 0 Å². The molecule has 2 nitrogen and oxygen atoms in total. The van der Waals surface area contributed by atoms with Gasteiger partial charge in [0.2, 0.25) is 0 Å². The zero-order valence-corrected chi connectivity index (χ0v) is 12.3. The van der Waals surface area contributed by atoms with Gasteiger partial charge in [0, 0.05) is 19.0 Å². The molecule has 2 fully saturated rings. The molecule has 0 aromatic heterocycles. The fourth-order valence-corrected chi connectivity index (χ4v) is 4.09. The summed E-state index contributed by atoms with van der Waals surface area (Å²) in [6, 6.07) is 9.41. The largest absolute Gasteiger partial charge is 0.317 e. The molecule has 1 N–H and O–H groups in total. The van der Waals surface area contributed by atoms with Gasteiger partial charge >= 0.3 is 0 Å². The number of hydrogen-bond donors (Lipinski definition) is 1. The highest BCUT2D eigenvalue weighted by molar-refractivity contribution is 5.29. The molecule has 2 heterocycles. The monoisotopic (exact) mass is 258 g/mol. The Hall–Kier alpha value is -0.860. The van der Waals surface area contributed by atoms with E-state index in [2.05, 4.69) is 48.5 Å². The van der Waals surface area contributed by atoms with Crippen molar-refractivity contribution in [2.75, 3.05) is 33.2 Å². The lowest BCUT2D eigenvalue weighted by atomic mass is 9.68. The molecule has 2 aliphatic heterocycles. The van der Waals surface area contributed by atoms with E-state index in [9.17, 15) is 0 Å². The predicted molar refractivity (Wildman–Crippen MR) is 80.6 cm³/mol. The third kappa shape index (κ3) is 2.44. The maximum absolute atomic E-state index is 3.52. The van der Waals surface area contributed by atoms with E-state index in [1.165, 1.54) is 44.6 Å². The number of hydrogen-bond acceptors (Lipinski definition) is 2. The SMILES string of the molecule is CCc1ccc(C2CN(C)CC23CCNCC3)cc1. The van der Waals surface area contributed by atoms with Crippen LogP contribution in [-0.4, -0.2) is 38.1 Å². The Bertz CT molecular complexity index is 417. The molecule has 0 radical (unpaired) electrons. The van der Waals surface area contributed by atoms with Crippen molar-refractivity contribution in [1.82, 2.24) is 10.2 Å². The molecule has 1 unspecified atom stereocenters. The van der Waals surface area contributed by atoms with Gasteiger partial charge < -0.3 is 10.2 Å². The first kappa shape index (κ1) is 13.1. The Labute approximate surface area is 117 Å². The second-order valence-electron chi connectivity index (χ2n) is 6.46. The Balaban J connectivity index is 1.87. The summed E-state index contributed by atoms with van der Waals surface area (Å²) in [5.74, 6) is 0.727. The Morgan fingerprint density at radius 1 is 1.21 bits per heavy atom. The van der Waals surface area contributed by atoms with Gasteiger partial charge in [0.05, 0.1) is 0 Å². The van der Waals surface area contributed by atoms with Gasteiger partial charge in [-0.15, -0.1) is 0 Å². The highest BCUT2D eigenvalue weighted by Crippen LogP contribution is 2.48. The predicted octanol–water partition coefficient (Wildman–Crippen LogP) is 2.65. The normalized spacial score (nSPS) is 26.9. The minimum absolute atomic E-state index is 0.522. The van der Waals surface area contributed by atoms with Crippen molar-refractivity contribution in [3.05, 3.63) is 35.4 Å². The average Bonchev–Trinajstić information content (AvgIpc) is 2.76. The lowest BCUT2D eigenvalue weighted by Gasteiger charge is -2.39. The van der Waals surface area contributed by atoms with Crippen molar-refractivity contribution < 1.29 is 0 Å². The second kappa shape index (κ2) is 5.26. The first-order valence-electron chi connectivity index (χ1n) is 7.72. The van der Waals surface area contributed by atoms with Crippen LogP contribution in [0.2, 0.25) is 0 Å². The third-order valence-electron chi connectivity index (χ3n) is 5.21. The second-order valence-corrected chi connectivity index (χ2v) is 6.46. The van der Waals surface area contributed by atoms with Crippen molar-refractivity contribution in [2.24, 2.45) is 5.41 Å². The molecule has 0 aliphatic carbocycles. The van der Waals surface area contributed by atoms with Crippen molar-refractivity contribution >= 4 is 0 Å². The van der Waals surface area contributed by atoms with E-state index in [4.69, 9.17) is 0 Å². The molecule has 0 bridgehead atoms. The molecule has 2 aliphatic rings. The zero-order valence-electron chi connectivity index (χ0n) is 12.3. The van der Waals surface area contributed by atoms with Gasteiger partial charge in [-0.05, 0) is 55.9 Å². The Morgan fingerprint density at radius 3 is 2.53 bits per heavy atom. The molecular weight excluding hydrogens is 232 g/mol. The zero-order chi connectivity index (χ0) is 13.3. The quantitative estimate of drug-likeness (QED) is 0.877. The number of nitrogens with zero attached hydrogens (tertiary/aromatic N) is 1. The summed E-state index contributed by atoms with van der Waals surface area (Å²) in [4.78, 5) is 2.53. The van der Waals surface area contributed by atoms with Gasteiger partial charge in [-0.3, -0.25) is 0 Å². The van der Waals surface area contributed by atoms with Crippen molar-refractivity contribution in [1.29, 1.82) is 0 Å². The topological polar surface area (TPSA) is 15.3 Å². The van der Waals surface area contributed by atoms with Gasteiger partial charge in [0.1, 0.15) is 0 Å². The van der Waals surface area contributed by atoms with Gasteiger partial charge in [0.15, 0.2) is 0 Å². The molecule has 1 aromatic carbocycles. The van der Waals surface area contributed by atoms with Gasteiger partial charge in [-0.1, -0.05) is 31.2 Å². The first-order valence-corrected chi connectivity index (χ1v) is 7.72. The standard InChI is InChI=1S/C17H26N2/c1-3-14-4-6-15(7-5-14)16-12-19(2)13-17(16)8-10-18-11-9-17/h4-7,16,18H,3,8-13H2,1-2H3. The molecule has 1 spiro atoms. The average molecular weight is 258 g/mol. The number of likely N-dealkylation sites (tertiary alicyclic amines) is 1. The number of likely N-dealkylation sites (N-methyl/N-ethyl adjacent to an activating group) is 1. The summed E-state index contributed by atoms with van der Waals surface area (Å²) in [6.07, 6.45) is 3.80. The molecule has 2 saturated heterocycles. The summed E-state index contributed by atoms with van der Waals surface area (Å²) < 4.78 is 0. The van der Waals surface area contributed by atoms with Crippen LogP contribution in [0, 0.1) is 5.41 Å². The Kier molecular flexibility index (Phi) is 3.64. The number of benzene rings is 1. The molecular formula is C17H26N2. The van der Waals surface area contributed by atoms with E-state index >= 15 is 0 Å². The summed E-state index contributed by atoms with van der Waals surface area (Å²) in [5.41, 5.74) is 3.53. The number of rotatable bonds is 2. The molecule has 0 amide bonds. The van der Waals surface area contributed by atoms with Crippen LogP contribution in [-0.2, 0) is 6.42 Å². The van der Waals surface area contributed by atoms with E-state index in [1.807, 2.05) is 0 Å². The molecule has 0 saturated carbocycles. The fourth-order valence-electron chi connectivity index (χ4n) is 4.09. The van der Waals surface area contributed by atoms with Crippen LogP contribution in [0.25, 0.3) is 0 Å². The van der Waals surface area contributed by atoms with E-state index < -0.39 is 0 Å². The minimum atomic E-state index is 0.522. The summed E-state index contributed by atoms with van der Waals surface area (Å²) in [5, 5.41) is 3.52. The molecule has 1 aromatic rings. The van der Waals surface area contributed by atoms with Crippen LogP contribution in [0.4, 0.5) is 0 Å². The number of piperidine rings is 1. The summed E-state index contributed by atoms with van der Waals surface area (Å²) in [7, 11) is 2.28. The summed E-state index contributed by atoms with van der Waals surface area (Å²) in [6.45, 7) is 7.11.